The molecule has 2 aromatic heterocycles. The Labute approximate surface area is 144 Å². The van der Waals surface area contributed by atoms with Crippen LogP contribution in [0, 0.1) is 5.82 Å². The Hall–Kier alpha value is -2.92. The minimum Gasteiger partial charge on any atom is -0.460 e. The molecule has 5 heteroatoms. The summed E-state index contributed by atoms with van der Waals surface area (Å²) in [4.78, 5) is 7.88. The van der Waals surface area contributed by atoms with Crippen molar-refractivity contribution in [2.45, 2.75) is 13.0 Å². The van der Waals surface area contributed by atoms with Crippen LogP contribution in [0.25, 0.3) is 22.4 Å². The maximum Gasteiger partial charge on any atom is 0.134 e. The summed E-state index contributed by atoms with van der Waals surface area (Å²) < 4.78 is 18.8. The SMILES string of the molecule is Fc1ccc(-c2ccc(CNCCc3nc4ccccc4[nH]3)o2)cc1. The first-order valence-electron chi connectivity index (χ1n) is 8.27. The Kier molecular flexibility index (Phi) is 4.31. The lowest BCUT2D eigenvalue weighted by Crippen LogP contribution is -2.16. The molecule has 2 aromatic carbocycles. The molecule has 126 valence electrons. The van der Waals surface area contributed by atoms with E-state index in [-0.39, 0.29) is 5.82 Å². The lowest BCUT2D eigenvalue weighted by atomic mass is 10.2. The average Bonchev–Trinajstić information content (AvgIpc) is 3.26. The van der Waals surface area contributed by atoms with Gasteiger partial charge in [-0.05, 0) is 48.5 Å². The van der Waals surface area contributed by atoms with Gasteiger partial charge >= 0.3 is 0 Å². The van der Waals surface area contributed by atoms with Gasteiger partial charge in [0.2, 0.25) is 0 Å². The molecule has 2 heterocycles. The number of aromatic amines is 1. The molecule has 0 saturated heterocycles. The molecule has 4 aromatic rings. The second kappa shape index (κ2) is 6.91. The number of imidazole rings is 1. The molecule has 0 bridgehead atoms. The van der Waals surface area contributed by atoms with Crippen molar-refractivity contribution in [2.24, 2.45) is 0 Å². The summed E-state index contributed by atoms with van der Waals surface area (Å²) in [6.07, 6.45) is 0.820. The fourth-order valence-corrected chi connectivity index (χ4v) is 2.78. The Morgan fingerprint density at radius 1 is 1.00 bits per heavy atom. The number of nitrogens with zero attached hydrogens (tertiary/aromatic N) is 1. The lowest BCUT2D eigenvalue weighted by molar-refractivity contribution is 0.494. The third kappa shape index (κ3) is 3.61. The number of fused-ring (bicyclic) bond motifs is 1. The van der Waals surface area contributed by atoms with Gasteiger partial charge in [-0.15, -0.1) is 0 Å². The smallest absolute Gasteiger partial charge is 0.134 e. The molecule has 0 spiro atoms. The van der Waals surface area contributed by atoms with Crippen LogP contribution in [-0.2, 0) is 13.0 Å². The highest BCUT2D eigenvalue weighted by Crippen LogP contribution is 2.22. The standard InChI is InChI=1S/C20H18FN3O/c21-15-7-5-14(6-8-15)19-10-9-16(25-19)13-22-12-11-20-23-17-3-1-2-4-18(17)24-20/h1-10,22H,11-13H2,(H,23,24). The summed E-state index contributed by atoms with van der Waals surface area (Å²) >= 11 is 0. The van der Waals surface area contributed by atoms with Crippen molar-refractivity contribution >= 4 is 11.0 Å². The second-order valence-electron chi connectivity index (χ2n) is 5.90. The molecule has 0 unspecified atom stereocenters. The fourth-order valence-electron chi connectivity index (χ4n) is 2.78. The highest BCUT2D eigenvalue weighted by atomic mass is 19.1. The molecule has 0 saturated carbocycles. The number of aromatic nitrogens is 2. The largest absolute Gasteiger partial charge is 0.460 e. The zero-order valence-electron chi connectivity index (χ0n) is 13.6. The average molecular weight is 335 g/mol. The number of halogens is 1. The zero-order valence-corrected chi connectivity index (χ0v) is 13.6. The molecule has 0 aliphatic heterocycles. The first-order chi connectivity index (χ1) is 12.3. The van der Waals surface area contributed by atoms with Crippen LogP contribution in [0.3, 0.4) is 0 Å². The first-order valence-corrected chi connectivity index (χ1v) is 8.27. The predicted octanol–water partition coefficient (Wildman–Crippen LogP) is 4.29. The fraction of sp³-hybridized carbons (Fsp3) is 0.150. The molecule has 2 N–H and O–H groups in total. The van der Waals surface area contributed by atoms with Gasteiger partial charge < -0.3 is 14.7 Å². The number of H-pyrrole nitrogens is 1. The van der Waals surface area contributed by atoms with Gasteiger partial charge in [0.05, 0.1) is 17.6 Å². The highest BCUT2D eigenvalue weighted by molar-refractivity contribution is 5.74. The van der Waals surface area contributed by atoms with Crippen molar-refractivity contribution in [2.75, 3.05) is 6.54 Å². The van der Waals surface area contributed by atoms with Gasteiger partial charge in [0.15, 0.2) is 0 Å². The monoisotopic (exact) mass is 335 g/mol. The third-order valence-electron chi connectivity index (χ3n) is 4.07. The number of hydrogen-bond donors (Lipinski definition) is 2. The molecule has 0 fully saturated rings. The van der Waals surface area contributed by atoms with E-state index < -0.39 is 0 Å². The van der Waals surface area contributed by atoms with Crippen LogP contribution in [-0.4, -0.2) is 16.5 Å². The summed E-state index contributed by atoms with van der Waals surface area (Å²) in [5.41, 5.74) is 2.93. The number of para-hydroxylation sites is 2. The van der Waals surface area contributed by atoms with Crippen molar-refractivity contribution in [1.82, 2.24) is 15.3 Å². The van der Waals surface area contributed by atoms with E-state index in [9.17, 15) is 4.39 Å². The molecule has 0 amide bonds. The molecule has 0 aliphatic carbocycles. The molecule has 0 atom stereocenters. The minimum absolute atomic E-state index is 0.247. The van der Waals surface area contributed by atoms with Crippen molar-refractivity contribution < 1.29 is 8.81 Å². The third-order valence-corrected chi connectivity index (χ3v) is 4.07. The molecular weight excluding hydrogens is 317 g/mol. The quantitative estimate of drug-likeness (QED) is 0.517. The van der Waals surface area contributed by atoms with Crippen LogP contribution in [0.15, 0.2) is 65.1 Å². The van der Waals surface area contributed by atoms with E-state index in [1.165, 1.54) is 12.1 Å². The van der Waals surface area contributed by atoms with Crippen LogP contribution in [0.1, 0.15) is 11.6 Å². The van der Waals surface area contributed by atoms with E-state index in [1.54, 1.807) is 12.1 Å². The minimum atomic E-state index is -0.247. The summed E-state index contributed by atoms with van der Waals surface area (Å²) in [6.45, 7) is 1.44. The van der Waals surface area contributed by atoms with Gasteiger partial charge in [0, 0.05) is 18.5 Å². The zero-order chi connectivity index (χ0) is 17.1. The van der Waals surface area contributed by atoms with E-state index in [1.807, 2.05) is 36.4 Å². The van der Waals surface area contributed by atoms with Crippen LogP contribution in [0.5, 0.6) is 0 Å². The maximum atomic E-state index is 13.0. The Morgan fingerprint density at radius 2 is 1.84 bits per heavy atom. The number of hydrogen-bond acceptors (Lipinski definition) is 3. The van der Waals surface area contributed by atoms with E-state index in [0.29, 0.717) is 6.54 Å². The summed E-state index contributed by atoms with van der Waals surface area (Å²) in [5, 5.41) is 3.35. The highest BCUT2D eigenvalue weighted by Gasteiger charge is 2.06. The summed E-state index contributed by atoms with van der Waals surface area (Å²) in [7, 11) is 0. The normalized spacial score (nSPS) is 11.2. The van der Waals surface area contributed by atoms with Crippen molar-refractivity contribution in [3.8, 4) is 11.3 Å². The molecule has 25 heavy (non-hydrogen) atoms. The maximum absolute atomic E-state index is 13.0. The molecule has 4 rings (SSSR count). The number of nitrogens with one attached hydrogen (secondary N) is 2. The molecule has 0 radical (unpaired) electrons. The van der Waals surface area contributed by atoms with Gasteiger partial charge in [-0.1, -0.05) is 12.1 Å². The van der Waals surface area contributed by atoms with E-state index in [4.69, 9.17) is 4.42 Å². The topological polar surface area (TPSA) is 53.9 Å². The van der Waals surface area contributed by atoms with Crippen LogP contribution >= 0.6 is 0 Å². The van der Waals surface area contributed by atoms with Crippen molar-refractivity contribution in [1.29, 1.82) is 0 Å². The predicted molar refractivity (Wildman–Crippen MR) is 95.6 cm³/mol. The van der Waals surface area contributed by atoms with E-state index >= 15 is 0 Å². The van der Waals surface area contributed by atoms with Crippen LogP contribution in [0.2, 0.25) is 0 Å². The van der Waals surface area contributed by atoms with E-state index in [2.05, 4.69) is 15.3 Å². The second-order valence-corrected chi connectivity index (χ2v) is 5.90. The van der Waals surface area contributed by atoms with Crippen LogP contribution in [0.4, 0.5) is 4.39 Å². The Bertz CT molecular complexity index is 939. The molecular formula is C20H18FN3O. The van der Waals surface area contributed by atoms with Crippen LogP contribution < -0.4 is 5.32 Å². The number of furan rings is 1. The number of rotatable bonds is 6. The summed E-state index contributed by atoms with van der Waals surface area (Å²) in [5.74, 6) is 2.32. The Balaban J connectivity index is 1.31. The molecule has 4 nitrogen and oxygen atoms in total. The van der Waals surface area contributed by atoms with Gasteiger partial charge in [-0.2, -0.15) is 0 Å². The lowest BCUT2D eigenvalue weighted by Gasteiger charge is -2.01. The summed E-state index contributed by atoms with van der Waals surface area (Å²) in [6, 6.07) is 18.2. The molecule has 0 aliphatic rings. The van der Waals surface area contributed by atoms with Gasteiger partial charge in [0.1, 0.15) is 23.2 Å². The van der Waals surface area contributed by atoms with Crippen molar-refractivity contribution in [3.63, 3.8) is 0 Å². The Morgan fingerprint density at radius 3 is 2.68 bits per heavy atom. The van der Waals surface area contributed by atoms with Gasteiger partial charge in [-0.3, -0.25) is 0 Å². The van der Waals surface area contributed by atoms with Gasteiger partial charge in [0.25, 0.3) is 0 Å². The number of benzene rings is 2. The van der Waals surface area contributed by atoms with E-state index in [0.717, 1.165) is 46.9 Å². The first kappa shape index (κ1) is 15.6. The van der Waals surface area contributed by atoms with Crippen molar-refractivity contribution in [3.05, 3.63) is 78.1 Å². The van der Waals surface area contributed by atoms with Gasteiger partial charge in [-0.25, -0.2) is 9.37 Å².